The molecule has 1 heterocycles. The monoisotopic (exact) mass is 493 g/mol. The second kappa shape index (κ2) is 9.22. The molecule has 0 radical (unpaired) electrons. The number of hydrogen-bond acceptors (Lipinski definition) is 0. The first kappa shape index (κ1) is 22.8. The van der Waals surface area contributed by atoms with Crippen molar-refractivity contribution in [1.82, 2.24) is 4.57 Å². The van der Waals surface area contributed by atoms with Crippen molar-refractivity contribution in [3.05, 3.63) is 111 Å². The Morgan fingerprint density at radius 3 is 2.03 bits per heavy atom. The van der Waals surface area contributed by atoms with Gasteiger partial charge in [-0.15, -0.1) is 0 Å². The Morgan fingerprint density at radius 2 is 1.47 bits per heavy atom. The van der Waals surface area contributed by atoms with E-state index in [-0.39, 0.29) is 15.6 Å². The number of aromatic nitrogens is 1. The van der Waals surface area contributed by atoms with E-state index in [9.17, 15) is 13.2 Å². The Bertz CT molecular complexity index is 1240. The van der Waals surface area contributed by atoms with E-state index in [1.807, 2.05) is 47.3 Å². The lowest BCUT2D eigenvalue weighted by Crippen LogP contribution is -2.18. The van der Waals surface area contributed by atoms with Crippen LogP contribution in [0.15, 0.2) is 79.1 Å². The highest BCUT2D eigenvalue weighted by molar-refractivity contribution is 6.34. The zero-order valence-corrected chi connectivity index (χ0v) is 18.9. The van der Waals surface area contributed by atoms with Crippen LogP contribution in [-0.2, 0) is 6.54 Å². The Labute approximate surface area is 198 Å². The van der Waals surface area contributed by atoms with Crippen LogP contribution in [0.1, 0.15) is 22.6 Å². The van der Waals surface area contributed by atoms with Gasteiger partial charge in [0.1, 0.15) is 0 Å². The molecule has 0 spiro atoms. The molecule has 0 aliphatic carbocycles. The summed E-state index contributed by atoms with van der Waals surface area (Å²) in [5.74, 6) is -1.84. The lowest BCUT2D eigenvalue weighted by molar-refractivity contribution is -0.139. The molecule has 0 saturated carbocycles. The van der Waals surface area contributed by atoms with Crippen LogP contribution in [0, 0.1) is 0 Å². The van der Waals surface area contributed by atoms with E-state index in [4.69, 9.17) is 34.8 Å². The molecule has 1 unspecified atom stereocenters. The van der Waals surface area contributed by atoms with Gasteiger partial charge in [-0.25, -0.2) is 0 Å². The number of benzene rings is 3. The number of rotatable bonds is 5. The molecule has 0 bridgehead atoms. The van der Waals surface area contributed by atoms with E-state index in [1.54, 1.807) is 12.1 Å². The normalized spacial score (nSPS) is 13.2. The smallest absolute Gasteiger partial charge is 0.349 e. The molecule has 4 aromatic rings. The lowest BCUT2D eigenvalue weighted by atomic mass is 9.97. The van der Waals surface area contributed by atoms with Crippen molar-refractivity contribution in [2.24, 2.45) is 0 Å². The van der Waals surface area contributed by atoms with Crippen LogP contribution < -0.4 is 0 Å². The summed E-state index contributed by atoms with van der Waals surface area (Å²) in [4.78, 5) is 0. The van der Waals surface area contributed by atoms with Gasteiger partial charge >= 0.3 is 6.18 Å². The Hall–Kier alpha value is -2.40. The molecular formula is C25H17Cl3F3N. The maximum absolute atomic E-state index is 13.7. The van der Waals surface area contributed by atoms with Gasteiger partial charge in [0, 0.05) is 34.0 Å². The van der Waals surface area contributed by atoms with Crippen LogP contribution in [0.2, 0.25) is 15.1 Å². The molecule has 32 heavy (non-hydrogen) atoms. The number of nitrogens with zero attached hydrogens (tertiary/aromatic N) is 1. The van der Waals surface area contributed by atoms with Gasteiger partial charge in [-0.05, 0) is 51.7 Å². The molecule has 0 saturated heterocycles. The summed E-state index contributed by atoms with van der Waals surface area (Å²) in [6.45, 7) is 0.559. The largest absolute Gasteiger partial charge is 0.399 e. The van der Waals surface area contributed by atoms with Gasteiger partial charge in [0.25, 0.3) is 0 Å². The van der Waals surface area contributed by atoms with E-state index >= 15 is 0 Å². The van der Waals surface area contributed by atoms with E-state index in [1.165, 1.54) is 24.3 Å². The molecule has 0 N–H and O–H groups in total. The average Bonchev–Trinajstić information content (AvgIpc) is 3.11. The molecule has 0 amide bonds. The summed E-state index contributed by atoms with van der Waals surface area (Å²) in [5.41, 5.74) is 1.42. The quantitative estimate of drug-likeness (QED) is 0.261. The average molecular weight is 495 g/mol. The summed E-state index contributed by atoms with van der Waals surface area (Å²) < 4.78 is 43.1. The van der Waals surface area contributed by atoms with Crippen molar-refractivity contribution in [2.45, 2.75) is 18.6 Å². The zero-order chi connectivity index (χ0) is 22.9. The molecule has 0 aliphatic rings. The number of hydrogen-bond donors (Lipinski definition) is 0. The molecule has 164 valence electrons. The molecule has 1 nitrogen and oxygen atoms in total. The van der Waals surface area contributed by atoms with E-state index in [0.29, 0.717) is 17.1 Å². The third kappa shape index (κ3) is 5.32. The van der Waals surface area contributed by atoms with Crippen LogP contribution in [-0.4, -0.2) is 10.7 Å². The topological polar surface area (TPSA) is 4.93 Å². The lowest BCUT2D eigenvalue weighted by Gasteiger charge is -2.18. The molecule has 3 aromatic carbocycles. The predicted octanol–water partition coefficient (Wildman–Crippen LogP) is 9.01. The molecule has 7 heteroatoms. The second-order valence-electron chi connectivity index (χ2n) is 7.49. The highest BCUT2D eigenvalue weighted by atomic mass is 35.5. The van der Waals surface area contributed by atoms with Gasteiger partial charge in [0.15, 0.2) is 0 Å². The van der Waals surface area contributed by atoms with Crippen LogP contribution >= 0.6 is 34.8 Å². The van der Waals surface area contributed by atoms with E-state index < -0.39 is 12.1 Å². The van der Waals surface area contributed by atoms with E-state index in [0.717, 1.165) is 22.4 Å². The van der Waals surface area contributed by atoms with Crippen molar-refractivity contribution in [2.75, 3.05) is 0 Å². The van der Waals surface area contributed by atoms with Gasteiger partial charge < -0.3 is 4.57 Å². The molecule has 4 rings (SSSR count). The van der Waals surface area contributed by atoms with Crippen molar-refractivity contribution < 1.29 is 13.2 Å². The fourth-order valence-corrected chi connectivity index (χ4v) is 4.39. The zero-order valence-electron chi connectivity index (χ0n) is 16.6. The minimum atomic E-state index is -4.50. The standard InChI is InChI=1S/C25H17Cl3F3N/c26-21-10-20(11-22(27)12-21)23(25(29,30)31)8-6-16-5-7-19(24(28)9-16)15-32-13-17-3-1-2-4-18(17)14-32/h1-14,23H,15H2/b8-6+. The Balaban J connectivity index is 1.57. The first-order valence-corrected chi connectivity index (χ1v) is 10.9. The molecule has 1 aromatic heterocycles. The first-order chi connectivity index (χ1) is 15.2. The van der Waals surface area contributed by atoms with Gasteiger partial charge in [-0.1, -0.05) is 83.4 Å². The number of halogens is 6. The minimum absolute atomic E-state index is 0.0198. The fraction of sp³-hybridized carbons (Fsp3) is 0.120. The van der Waals surface area contributed by atoms with E-state index in [2.05, 4.69) is 0 Å². The van der Waals surface area contributed by atoms with Gasteiger partial charge in [0.2, 0.25) is 0 Å². The van der Waals surface area contributed by atoms with Gasteiger partial charge in [0.05, 0.1) is 5.92 Å². The maximum atomic E-state index is 13.7. The Morgan fingerprint density at radius 1 is 0.844 bits per heavy atom. The van der Waals surface area contributed by atoms with Crippen LogP contribution in [0.3, 0.4) is 0 Å². The summed E-state index contributed by atoms with van der Waals surface area (Å²) in [7, 11) is 0. The molecule has 0 fully saturated rings. The third-order valence-corrected chi connectivity index (χ3v) is 5.90. The highest BCUT2D eigenvalue weighted by Crippen LogP contribution is 2.38. The molecular weight excluding hydrogens is 478 g/mol. The first-order valence-electron chi connectivity index (χ1n) is 9.73. The second-order valence-corrected chi connectivity index (χ2v) is 8.77. The minimum Gasteiger partial charge on any atom is -0.349 e. The molecule has 1 atom stereocenters. The molecule has 0 aliphatic heterocycles. The summed E-state index contributed by atoms with van der Waals surface area (Å²) in [5, 5.41) is 3.05. The van der Waals surface area contributed by atoms with Crippen LogP contribution in [0.4, 0.5) is 13.2 Å². The number of fused-ring (bicyclic) bond motifs is 1. The van der Waals surface area contributed by atoms with Crippen molar-refractivity contribution >= 4 is 51.7 Å². The van der Waals surface area contributed by atoms with Crippen LogP contribution in [0.25, 0.3) is 16.8 Å². The SMILES string of the molecule is FC(F)(F)C(/C=C/c1ccc(Cn2cc3ccccc3c2)c(Cl)c1)c1cc(Cl)cc(Cl)c1. The van der Waals surface area contributed by atoms with Crippen molar-refractivity contribution in [3.63, 3.8) is 0 Å². The number of allylic oxidation sites excluding steroid dienone is 1. The highest BCUT2D eigenvalue weighted by Gasteiger charge is 2.39. The predicted molar refractivity (Wildman–Crippen MR) is 127 cm³/mol. The summed E-state index contributed by atoms with van der Waals surface area (Å²) in [6, 6.07) is 17.2. The van der Waals surface area contributed by atoms with Crippen LogP contribution in [0.5, 0.6) is 0 Å². The number of alkyl halides is 3. The van der Waals surface area contributed by atoms with Crippen molar-refractivity contribution in [1.29, 1.82) is 0 Å². The fourth-order valence-electron chi connectivity index (χ4n) is 3.60. The summed E-state index contributed by atoms with van der Waals surface area (Å²) >= 11 is 18.2. The van der Waals surface area contributed by atoms with Gasteiger partial charge in [-0.2, -0.15) is 13.2 Å². The maximum Gasteiger partial charge on any atom is 0.399 e. The Kier molecular flexibility index (Phi) is 6.57. The summed E-state index contributed by atoms with van der Waals surface area (Å²) in [6.07, 6.45) is 2.07. The van der Waals surface area contributed by atoms with Crippen molar-refractivity contribution in [3.8, 4) is 0 Å². The third-order valence-electron chi connectivity index (χ3n) is 5.11. The van der Waals surface area contributed by atoms with Gasteiger partial charge in [-0.3, -0.25) is 0 Å².